The molecule has 0 N–H and O–H groups in total. The molecule has 2 aliphatic rings. The lowest BCUT2D eigenvalue weighted by Gasteiger charge is -2.16. The average Bonchev–Trinajstić information content (AvgIpc) is 3.16. The van der Waals surface area contributed by atoms with E-state index in [4.69, 9.17) is 18.9 Å². The summed E-state index contributed by atoms with van der Waals surface area (Å²) < 4.78 is 20.5. The first-order valence-corrected chi connectivity index (χ1v) is 7.78. The maximum Gasteiger partial charge on any atom is 0.340 e. The van der Waals surface area contributed by atoms with E-state index >= 15 is 0 Å². The largest absolute Gasteiger partial charge is 0.465 e. The second-order valence-electron chi connectivity index (χ2n) is 5.57. The highest BCUT2D eigenvalue weighted by atomic mass is 16.7. The number of fused-ring (bicyclic) bond motifs is 1. The van der Waals surface area contributed by atoms with Crippen molar-refractivity contribution < 1.29 is 28.5 Å². The summed E-state index contributed by atoms with van der Waals surface area (Å²) in [7, 11) is 2.85. The molecule has 0 saturated heterocycles. The molecule has 7 nitrogen and oxygen atoms in total. The van der Waals surface area contributed by atoms with Crippen LogP contribution in [0.4, 0.5) is 0 Å². The number of hydrogen-bond donors (Lipinski definition) is 0. The van der Waals surface area contributed by atoms with Gasteiger partial charge in [0.1, 0.15) is 0 Å². The number of carbonyl (C=O) groups excluding carboxylic acids is 2. The molecule has 25 heavy (non-hydrogen) atoms. The van der Waals surface area contributed by atoms with Crippen molar-refractivity contribution in [3.63, 3.8) is 0 Å². The second kappa shape index (κ2) is 6.98. The Morgan fingerprint density at radius 2 is 2.04 bits per heavy atom. The van der Waals surface area contributed by atoms with Gasteiger partial charge in [-0.25, -0.2) is 4.79 Å². The topological polar surface area (TPSA) is 74.3 Å². The molecule has 1 amide bonds. The standard InChI is InChI=1S/C18H19NO6/c1-11-16(18(21)23-3)13(17(20)19(11)6-7-22-2)8-12-4-5-14-15(9-12)25-10-24-14/h4-5,8-9H,6-7,10H2,1-3H3. The van der Waals surface area contributed by atoms with Gasteiger partial charge in [0, 0.05) is 19.4 Å². The van der Waals surface area contributed by atoms with Crippen molar-refractivity contribution in [1.82, 2.24) is 4.90 Å². The van der Waals surface area contributed by atoms with Gasteiger partial charge in [-0.15, -0.1) is 0 Å². The predicted molar refractivity (Wildman–Crippen MR) is 88.8 cm³/mol. The monoisotopic (exact) mass is 345 g/mol. The van der Waals surface area contributed by atoms with Crippen LogP contribution in [0.2, 0.25) is 0 Å². The van der Waals surface area contributed by atoms with Gasteiger partial charge in [-0.1, -0.05) is 6.07 Å². The van der Waals surface area contributed by atoms with Gasteiger partial charge in [0.2, 0.25) is 6.79 Å². The second-order valence-corrected chi connectivity index (χ2v) is 5.57. The van der Waals surface area contributed by atoms with E-state index in [9.17, 15) is 9.59 Å². The Kier molecular flexibility index (Phi) is 4.76. The summed E-state index contributed by atoms with van der Waals surface area (Å²) in [5, 5.41) is 0. The molecule has 0 radical (unpaired) electrons. The van der Waals surface area contributed by atoms with Gasteiger partial charge in [0.25, 0.3) is 5.91 Å². The molecule has 0 atom stereocenters. The Bertz CT molecular complexity index is 780. The highest BCUT2D eigenvalue weighted by molar-refractivity contribution is 6.16. The molecule has 0 unspecified atom stereocenters. The van der Waals surface area contributed by atoms with Crippen molar-refractivity contribution >= 4 is 18.0 Å². The van der Waals surface area contributed by atoms with Crippen LogP contribution in [0.3, 0.4) is 0 Å². The number of ether oxygens (including phenoxy) is 4. The summed E-state index contributed by atoms with van der Waals surface area (Å²) in [5.74, 6) is 0.461. The fourth-order valence-electron chi connectivity index (χ4n) is 2.85. The van der Waals surface area contributed by atoms with Crippen LogP contribution in [-0.4, -0.2) is 50.9 Å². The number of amides is 1. The minimum absolute atomic E-state index is 0.172. The SMILES string of the molecule is COCCN1C(=O)C(=Cc2ccc3c(c2)OCO3)C(C(=O)OC)=C1C. The van der Waals surface area contributed by atoms with Crippen molar-refractivity contribution in [3.05, 3.63) is 40.6 Å². The molecule has 7 heteroatoms. The number of rotatable bonds is 5. The smallest absolute Gasteiger partial charge is 0.340 e. The first kappa shape index (κ1) is 17.0. The third-order valence-electron chi connectivity index (χ3n) is 4.13. The minimum Gasteiger partial charge on any atom is -0.465 e. The van der Waals surface area contributed by atoms with Crippen molar-refractivity contribution in [1.29, 1.82) is 0 Å². The van der Waals surface area contributed by atoms with Crippen LogP contribution in [0.1, 0.15) is 12.5 Å². The van der Waals surface area contributed by atoms with Crippen LogP contribution < -0.4 is 9.47 Å². The zero-order valence-electron chi connectivity index (χ0n) is 14.3. The number of hydrogen-bond acceptors (Lipinski definition) is 6. The first-order valence-electron chi connectivity index (χ1n) is 7.78. The Hall–Kier alpha value is -2.80. The quantitative estimate of drug-likeness (QED) is 0.598. The zero-order chi connectivity index (χ0) is 18.0. The molecule has 0 saturated carbocycles. The zero-order valence-corrected chi connectivity index (χ0v) is 14.3. The average molecular weight is 345 g/mol. The molecule has 0 spiro atoms. The van der Waals surface area contributed by atoms with Crippen molar-refractivity contribution in [2.24, 2.45) is 0 Å². The summed E-state index contributed by atoms with van der Waals surface area (Å²) in [4.78, 5) is 26.5. The van der Waals surface area contributed by atoms with Crippen molar-refractivity contribution in [3.8, 4) is 11.5 Å². The molecule has 0 bridgehead atoms. The Balaban J connectivity index is 2.00. The number of carbonyl (C=O) groups is 2. The lowest BCUT2D eigenvalue weighted by Crippen LogP contribution is -2.28. The Morgan fingerprint density at radius 1 is 1.28 bits per heavy atom. The van der Waals surface area contributed by atoms with Crippen LogP contribution >= 0.6 is 0 Å². The molecular formula is C18H19NO6. The van der Waals surface area contributed by atoms with Crippen LogP contribution in [0, 0.1) is 0 Å². The molecule has 132 valence electrons. The van der Waals surface area contributed by atoms with E-state index in [2.05, 4.69) is 0 Å². The van der Waals surface area contributed by atoms with Gasteiger partial charge in [-0.05, 0) is 30.7 Å². The fraction of sp³-hybridized carbons (Fsp3) is 0.333. The van der Waals surface area contributed by atoms with E-state index in [0.717, 1.165) is 5.56 Å². The normalized spacial score (nSPS) is 17.6. The van der Waals surface area contributed by atoms with Gasteiger partial charge < -0.3 is 23.8 Å². The molecule has 1 aromatic carbocycles. The molecule has 0 aliphatic carbocycles. The molecule has 1 aromatic rings. The van der Waals surface area contributed by atoms with Crippen LogP contribution in [-0.2, 0) is 19.1 Å². The number of allylic oxidation sites excluding steroid dienone is 1. The minimum atomic E-state index is -0.544. The summed E-state index contributed by atoms with van der Waals surface area (Å²) in [6.45, 7) is 2.63. The summed E-state index contributed by atoms with van der Waals surface area (Å²) >= 11 is 0. The van der Waals surface area contributed by atoms with E-state index in [-0.39, 0.29) is 18.3 Å². The van der Waals surface area contributed by atoms with E-state index in [1.165, 1.54) is 12.0 Å². The van der Waals surface area contributed by atoms with Gasteiger partial charge in [-0.3, -0.25) is 4.79 Å². The molecule has 3 rings (SSSR count). The van der Waals surface area contributed by atoms with Gasteiger partial charge in [0.05, 0.1) is 24.9 Å². The van der Waals surface area contributed by atoms with E-state index in [1.807, 2.05) is 0 Å². The lowest BCUT2D eigenvalue weighted by molar-refractivity contribution is -0.136. The summed E-state index contributed by atoms with van der Waals surface area (Å²) in [6, 6.07) is 5.34. The highest BCUT2D eigenvalue weighted by Gasteiger charge is 2.36. The summed E-state index contributed by atoms with van der Waals surface area (Å²) in [6.07, 6.45) is 1.66. The highest BCUT2D eigenvalue weighted by Crippen LogP contribution is 2.35. The van der Waals surface area contributed by atoms with Crippen molar-refractivity contribution in [2.75, 3.05) is 34.2 Å². The predicted octanol–water partition coefficient (Wildman–Crippen LogP) is 1.73. The Morgan fingerprint density at radius 3 is 2.76 bits per heavy atom. The third-order valence-corrected chi connectivity index (χ3v) is 4.13. The molecule has 0 fully saturated rings. The number of methoxy groups -OCH3 is 2. The maximum atomic E-state index is 12.8. The molecular weight excluding hydrogens is 326 g/mol. The van der Waals surface area contributed by atoms with Crippen LogP contribution in [0.25, 0.3) is 6.08 Å². The van der Waals surface area contributed by atoms with Crippen LogP contribution in [0.5, 0.6) is 11.5 Å². The number of benzene rings is 1. The first-order chi connectivity index (χ1) is 12.1. The number of esters is 1. The molecule has 2 heterocycles. The van der Waals surface area contributed by atoms with E-state index < -0.39 is 5.97 Å². The van der Waals surface area contributed by atoms with Gasteiger partial charge in [0.15, 0.2) is 11.5 Å². The van der Waals surface area contributed by atoms with E-state index in [1.54, 1.807) is 38.3 Å². The fourth-order valence-corrected chi connectivity index (χ4v) is 2.85. The van der Waals surface area contributed by atoms with Crippen LogP contribution in [0.15, 0.2) is 35.0 Å². The number of nitrogens with zero attached hydrogens (tertiary/aromatic N) is 1. The van der Waals surface area contributed by atoms with E-state index in [0.29, 0.717) is 35.9 Å². The Labute approximate surface area is 145 Å². The third kappa shape index (κ3) is 3.10. The van der Waals surface area contributed by atoms with Crippen molar-refractivity contribution in [2.45, 2.75) is 6.92 Å². The molecule has 2 aliphatic heterocycles. The molecule has 0 aromatic heterocycles. The van der Waals surface area contributed by atoms with Gasteiger partial charge >= 0.3 is 5.97 Å². The summed E-state index contributed by atoms with van der Waals surface area (Å²) in [5.41, 5.74) is 1.84. The maximum absolute atomic E-state index is 12.8. The van der Waals surface area contributed by atoms with Gasteiger partial charge in [-0.2, -0.15) is 0 Å². The lowest BCUT2D eigenvalue weighted by atomic mass is 10.0.